The van der Waals surface area contributed by atoms with Crippen LogP contribution < -0.4 is 11.2 Å². The lowest BCUT2D eigenvalue weighted by Crippen LogP contribution is -2.12. The minimum atomic E-state index is -0.493. The van der Waals surface area contributed by atoms with Crippen LogP contribution in [0.2, 0.25) is 0 Å². The summed E-state index contributed by atoms with van der Waals surface area (Å²) in [6.45, 7) is 0. The van der Waals surface area contributed by atoms with Crippen LogP contribution in [-0.4, -0.2) is 5.91 Å². The van der Waals surface area contributed by atoms with Crippen LogP contribution in [-0.2, 0) is 21.3 Å². The number of primary amides is 1. The number of para-hydroxylation sites is 1. The topological polar surface area (TPSA) is 67.5 Å². The molecule has 0 saturated carbocycles. The van der Waals surface area contributed by atoms with Gasteiger partial charge in [0.05, 0.1) is 21.4 Å². The second kappa shape index (κ2) is 4.68. The molecule has 0 saturated heterocycles. The number of carbonyl (C=O) groups is 1. The SMILES string of the molecule is NC(=O)c1ccccc1NN=S=S. The number of nitrogens with two attached hydrogens (primary N) is 1. The molecule has 4 nitrogen and oxygen atoms in total. The van der Waals surface area contributed by atoms with Crippen LogP contribution in [0.15, 0.2) is 28.7 Å². The summed E-state index contributed by atoms with van der Waals surface area (Å²) in [6.07, 6.45) is 0. The summed E-state index contributed by atoms with van der Waals surface area (Å²) in [5.41, 5.74) is 8.72. The Morgan fingerprint density at radius 1 is 1.54 bits per heavy atom. The molecule has 3 N–H and O–H groups in total. The van der Waals surface area contributed by atoms with Gasteiger partial charge in [-0.1, -0.05) is 12.1 Å². The predicted molar refractivity (Wildman–Crippen MR) is 55.7 cm³/mol. The van der Waals surface area contributed by atoms with Gasteiger partial charge in [-0.3, -0.25) is 10.2 Å². The highest BCUT2D eigenvalue weighted by molar-refractivity contribution is 8.12. The maximum absolute atomic E-state index is 10.9. The minimum absolute atomic E-state index is 0.398. The van der Waals surface area contributed by atoms with Gasteiger partial charge >= 0.3 is 0 Å². The van der Waals surface area contributed by atoms with Gasteiger partial charge in [0.1, 0.15) is 0 Å². The van der Waals surface area contributed by atoms with E-state index < -0.39 is 5.91 Å². The number of nitrogens with one attached hydrogen (secondary N) is 1. The molecule has 0 aliphatic rings. The molecule has 0 aromatic heterocycles. The van der Waals surface area contributed by atoms with Gasteiger partial charge in [-0.05, 0) is 12.1 Å². The zero-order valence-electron chi connectivity index (χ0n) is 6.56. The summed E-state index contributed by atoms with van der Waals surface area (Å²) >= 11 is 4.53. The van der Waals surface area contributed by atoms with E-state index in [4.69, 9.17) is 5.73 Å². The van der Waals surface area contributed by atoms with Crippen LogP contribution in [0.5, 0.6) is 0 Å². The Labute approximate surface area is 83.5 Å². The molecule has 68 valence electrons. The monoisotopic (exact) mass is 213 g/mol. The summed E-state index contributed by atoms with van der Waals surface area (Å²) in [4.78, 5) is 10.9. The molecule has 0 aliphatic carbocycles. The number of anilines is 1. The maximum Gasteiger partial charge on any atom is 0.250 e. The molecule has 0 unspecified atom stereocenters. The molecule has 0 atom stereocenters. The van der Waals surface area contributed by atoms with Crippen molar-refractivity contribution >= 4 is 32.9 Å². The van der Waals surface area contributed by atoms with Crippen LogP contribution >= 0.6 is 0 Å². The second-order valence-corrected chi connectivity index (χ2v) is 2.97. The Hall–Kier alpha value is -1.27. The van der Waals surface area contributed by atoms with Crippen molar-refractivity contribution in [1.29, 1.82) is 0 Å². The summed E-state index contributed by atoms with van der Waals surface area (Å²) in [5, 5.41) is 0. The first-order valence-electron chi connectivity index (χ1n) is 3.39. The van der Waals surface area contributed by atoms with Gasteiger partial charge in [0.25, 0.3) is 5.91 Å². The lowest BCUT2D eigenvalue weighted by molar-refractivity contribution is 0.100. The largest absolute Gasteiger partial charge is 0.366 e. The first kappa shape index (κ1) is 9.82. The molecule has 13 heavy (non-hydrogen) atoms. The first-order valence-corrected chi connectivity index (χ1v) is 5.09. The quantitative estimate of drug-likeness (QED) is 0.731. The van der Waals surface area contributed by atoms with Crippen molar-refractivity contribution in [3.8, 4) is 0 Å². The standard InChI is InChI=1S/C7H7N3OS2/c8-7(11)5-3-1-2-4-6(5)9-10-13-12/h1-4,9H,(H2,8,11). The van der Waals surface area contributed by atoms with E-state index in [1.807, 2.05) is 0 Å². The molecule has 1 aromatic rings. The second-order valence-electron chi connectivity index (χ2n) is 2.19. The van der Waals surface area contributed by atoms with E-state index in [9.17, 15) is 4.79 Å². The van der Waals surface area contributed by atoms with E-state index in [0.29, 0.717) is 11.3 Å². The van der Waals surface area contributed by atoms with Gasteiger partial charge in [0.2, 0.25) is 0 Å². The van der Waals surface area contributed by atoms with Gasteiger partial charge in [-0.2, -0.15) is 0 Å². The fourth-order valence-corrected chi connectivity index (χ4v) is 1.11. The lowest BCUT2D eigenvalue weighted by Gasteiger charge is -2.02. The predicted octanol–water partition coefficient (Wildman–Crippen LogP) is 0.841. The normalized spacial score (nSPS) is 8.92. The van der Waals surface area contributed by atoms with Crippen molar-refractivity contribution in [3.05, 3.63) is 29.8 Å². The summed E-state index contributed by atoms with van der Waals surface area (Å²) in [6, 6.07) is 6.83. The van der Waals surface area contributed by atoms with Crippen LogP contribution in [0, 0.1) is 0 Å². The van der Waals surface area contributed by atoms with Gasteiger partial charge < -0.3 is 5.73 Å². The zero-order valence-corrected chi connectivity index (χ0v) is 8.19. The van der Waals surface area contributed by atoms with Crippen molar-refractivity contribution < 1.29 is 4.79 Å². The number of benzene rings is 1. The molecule has 0 bridgehead atoms. The minimum Gasteiger partial charge on any atom is -0.366 e. The van der Waals surface area contributed by atoms with Crippen molar-refractivity contribution in [1.82, 2.24) is 0 Å². The van der Waals surface area contributed by atoms with E-state index in [0.717, 1.165) is 10.1 Å². The third kappa shape index (κ3) is 2.60. The fourth-order valence-electron chi connectivity index (χ4n) is 0.863. The summed E-state index contributed by atoms with van der Waals surface area (Å²) in [5.74, 6) is -0.493. The molecule has 1 rings (SSSR count). The molecule has 1 amide bonds. The summed E-state index contributed by atoms with van der Waals surface area (Å²) < 4.78 is 3.66. The Morgan fingerprint density at radius 3 is 2.85 bits per heavy atom. The van der Waals surface area contributed by atoms with E-state index in [1.54, 1.807) is 24.3 Å². The molecule has 0 aliphatic heterocycles. The Morgan fingerprint density at radius 2 is 2.23 bits per heavy atom. The van der Waals surface area contributed by atoms with Crippen LogP contribution in [0.3, 0.4) is 0 Å². The third-order valence-corrected chi connectivity index (χ3v) is 1.79. The number of amides is 1. The van der Waals surface area contributed by atoms with Crippen molar-refractivity contribution in [2.24, 2.45) is 10.2 Å². The maximum atomic E-state index is 10.9. The Bertz CT molecular complexity index is 374. The molecule has 0 radical (unpaired) electrons. The van der Waals surface area contributed by atoms with Gasteiger partial charge in [0, 0.05) is 11.2 Å². The molecule has 0 heterocycles. The Kier molecular flexibility index (Phi) is 3.53. The van der Waals surface area contributed by atoms with Crippen LogP contribution in [0.1, 0.15) is 10.4 Å². The number of nitrogens with zero attached hydrogens (tertiary/aromatic N) is 1. The van der Waals surface area contributed by atoms with Gasteiger partial charge in [0.15, 0.2) is 0 Å². The number of hydrogen-bond donors (Lipinski definition) is 2. The fraction of sp³-hybridized carbons (Fsp3) is 0. The van der Waals surface area contributed by atoms with Crippen LogP contribution in [0.25, 0.3) is 0 Å². The first-order chi connectivity index (χ1) is 6.25. The highest BCUT2D eigenvalue weighted by Crippen LogP contribution is 2.13. The zero-order chi connectivity index (χ0) is 9.68. The number of carbonyl (C=O) groups excluding carboxylic acids is 1. The van der Waals surface area contributed by atoms with Crippen molar-refractivity contribution in [3.63, 3.8) is 0 Å². The van der Waals surface area contributed by atoms with Gasteiger partial charge in [-0.25, -0.2) is 0 Å². The summed E-state index contributed by atoms with van der Waals surface area (Å²) in [7, 11) is 0.862. The van der Waals surface area contributed by atoms with E-state index >= 15 is 0 Å². The molecule has 1 aromatic carbocycles. The van der Waals surface area contributed by atoms with E-state index in [2.05, 4.69) is 21.1 Å². The molecular formula is C7H7N3OS2. The smallest absolute Gasteiger partial charge is 0.250 e. The highest BCUT2D eigenvalue weighted by Gasteiger charge is 2.04. The van der Waals surface area contributed by atoms with E-state index in [1.165, 1.54) is 0 Å². The molecule has 0 fully saturated rings. The molecule has 6 heteroatoms. The number of rotatable bonds is 3. The van der Waals surface area contributed by atoms with Gasteiger partial charge in [-0.15, -0.1) is 4.47 Å². The lowest BCUT2D eigenvalue weighted by atomic mass is 10.2. The average molecular weight is 213 g/mol. The van der Waals surface area contributed by atoms with E-state index in [-0.39, 0.29) is 0 Å². The average Bonchev–Trinajstić information content (AvgIpc) is 2.15. The Balaban J connectivity index is 3.04. The van der Waals surface area contributed by atoms with Crippen molar-refractivity contribution in [2.45, 2.75) is 0 Å². The third-order valence-electron chi connectivity index (χ3n) is 1.40. The van der Waals surface area contributed by atoms with Crippen LogP contribution in [0.4, 0.5) is 5.69 Å². The molecular weight excluding hydrogens is 206 g/mol. The van der Waals surface area contributed by atoms with Crippen molar-refractivity contribution in [2.75, 3.05) is 5.43 Å². The highest BCUT2D eigenvalue weighted by atomic mass is 32.8. The molecule has 0 spiro atoms. The number of hydrogen-bond acceptors (Lipinski definition) is 3.